The van der Waals surface area contributed by atoms with Gasteiger partial charge in [-0.2, -0.15) is 0 Å². The molecule has 0 atom stereocenters. The number of hydrogen-bond acceptors (Lipinski definition) is 2. The lowest BCUT2D eigenvalue weighted by Crippen LogP contribution is -2.00. The topological polar surface area (TPSA) is 25.8 Å². The molecule has 0 amide bonds. The van der Waals surface area contributed by atoms with Gasteiger partial charge in [-0.15, -0.1) is 10.2 Å². The first kappa shape index (κ1) is 16.5. The summed E-state index contributed by atoms with van der Waals surface area (Å²) in [4.78, 5) is 0. The minimum absolute atomic E-state index is 0.935. The molecule has 4 rings (SSSR count). The molecule has 0 aliphatic rings. The summed E-state index contributed by atoms with van der Waals surface area (Å²) in [5.41, 5.74) is 9.36. The lowest BCUT2D eigenvalue weighted by atomic mass is 9.90. The number of aromatic nitrogens is 2. The van der Waals surface area contributed by atoms with Crippen LogP contribution in [0.3, 0.4) is 0 Å². The van der Waals surface area contributed by atoms with Crippen molar-refractivity contribution in [2.45, 2.75) is 27.7 Å². The normalized spacial score (nSPS) is 11.1. The number of rotatable bonds is 2. The molecular weight excluding hydrogens is 316 g/mol. The third-order valence-electron chi connectivity index (χ3n) is 5.34. The van der Waals surface area contributed by atoms with Crippen molar-refractivity contribution in [2.24, 2.45) is 0 Å². The quantitative estimate of drug-likeness (QED) is 0.435. The Hall–Kier alpha value is -3.00. The molecule has 1 aromatic heterocycles. The molecule has 0 unspecified atom stereocenters. The zero-order chi connectivity index (χ0) is 18.3. The van der Waals surface area contributed by atoms with Gasteiger partial charge in [0.15, 0.2) is 0 Å². The van der Waals surface area contributed by atoms with Gasteiger partial charge in [-0.25, -0.2) is 0 Å². The van der Waals surface area contributed by atoms with Crippen LogP contribution in [0, 0.1) is 27.7 Å². The number of hydrogen-bond donors (Lipinski definition) is 0. The van der Waals surface area contributed by atoms with Gasteiger partial charge in [0.05, 0.1) is 0 Å². The number of fused-ring (bicyclic) bond motifs is 1. The third kappa shape index (κ3) is 2.59. The van der Waals surface area contributed by atoms with E-state index in [1.54, 1.807) is 0 Å². The minimum Gasteiger partial charge on any atom is -0.149 e. The van der Waals surface area contributed by atoms with Gasteiger partial charge < -0.3 is 0 Å². The Bertz CT molecular complexity index is 1090. The fourth-order valence-corrected chi connectivity index (χ4v) is 3.67. The monoisotopic (exact) mass is 338 g/mol. The second-order valence-corrected chi connectivity index (χ2v) is 6.94. The molecule has 0 N–H and O–H groups in total. The van der Waals surface area contributed by atoms with Crippen LogP contribution in [-0.2, 0) is 0 Å². The van der Waals surface area contributed by atoms with E-state index in [4.69, 9.17) is 5.10 Å². The van der Waals surface area contributed by atoms with Crippen molar-refractivity contribution in [1.82, 2.24) is 10.2 Å². The second kappa shape index (κ2) is 6.38. The van der Waals surface area contributed by atoms with Crippen LogP contribution in [0.5, 0.6) is 0 Å². The molecule has 0 saturated carbocycles. The van der Waals surface area contributed by atoms with Gasteiger partial charge in [-0.1, -0.05) is 60.7 Å². The standard InChI is InChI=1S/C24H22N2/c1-15-14-16(2)18(4)22(17(15)3)24-21-13-9-8-12-20(21)23(25-26-24)19-10-6-5-7-11-19/h5-14H,1-4H3. The van der Waals surface area contributed by atoms with Crippen LogP contribution < -0.4 is 0 Å². The maximum Gasteiger partial charge on any atom is 0.101 e. The van der Waals surface area contributed by atoms with E-state index in [1.165, 1.54) is 27.8 Å². The van der Waals surface area contributed by atoms with Crippen molar-refractivity contribution in [1.29, 1.82) is 0 Å². The van der Waals surface area contributed by atoms with Crippen molar-refractivity contribution in [2.75, 3.05) is 0 Å². The zero-order valence-electron chi connectivity index (χ0n) is 15.7. The Morgan fingerprint density at radius 1 is 0.577 bits per heavy atom. The Morgan fingerprint density at radius 3 is 1.69 bits per heavy atom. The first-order valence-corrected chi connectivity index (χ1v) is 8.96. The predicted octanol–water partition coefficient (Wildman–Crippen LogP) is 6.20. The lowest BCUT2D eigenvalue weighted by Gasteiger charge is -2.17. The zero-order valence-corrected chi connectivity index (χ0v) is 15.7. The second-order valence-electron chi connectivity index (χ2n) is 6.94. The summed E-state index contributed by atoms with van der Waals surface area (Å²) in [6, 6.07) is 21.0. The first-order valence-electron chi connectivity index (χ1n) is 8.96. The van der Waals surface area contributed by atoms with E-state index in [0.29, 0.717) is 0 Å². The minimum atomic E-state index is 0.935. The van der Waals surface area contributed by atoms with Crippen LogP contribution in [0.1, 0.15) is 22.3 Å². The van der Waals surface area contributed by atoms with Crippen molar-refractivity contribution >= 4 is 10.8 Å². The highest BCUT2D eigenvalue weighted by Crippen LogP contribution is 2.36. The van der Waals surface area contributed by atoms with Gasteiger partial charge in [0, 0.05) is 21.9 Å². The maximum absolute atomic E-state index is 4.71. The van der Waals surface area contributed by atoms with Gasteiger partial charge in [0.2, 0.25) is 0 Å². The molecule has 2 heteroatoms. The molecular formula is C24H22N2. The average molecular weight is 338 g/mol. The molecule has 0 aliphatic carbocycles. The molecule has 0 radical (unpaired) electrons. The molecule has 128 valence electrons. The SMILES string of the molecule is Cc1cc(C)c(C)c(-c2nnc(-c3ccccc3)c3ccccc23)c1C. The van der Waals surface area contributed by atoms with Crippen LogP contribution in [0.25, 0.3) is 33.3 Å². The van der Waals surface area contributed by atoms with Gasteiger partial charge in [-0.05, 0) is 49.9 Å². The lowest BCUT2D eigenvalue weighted by molar-refractivity contribution is 1.05. The molecule has 0 aliphatic heterocycles. The van der Waals surface area contributed by atoms with Crippen LogP contribution in [0.4, 0.5) is 0 Å². The maximum atomic E-state index is 4.71. The summed E-state index contributed by atoms with van der Waals surface area (Å²) >= 11 is 0. The Labute approximate surface area is 154 Å². The van der Waals surface area contributed by atoms with Crippen LogP contribution in [0.15, 0.2) is 60.7 Å². The highest BCUT2D eigenvalue weighted by atomic mass is 15.1. The summed E-state index contributed by atoms with van der Waals surface area (Å²) in [5.74, 6) is 0. The van der Waals surface area contributed by atoms with Gasteiger partial charge in [0.25, 0.3) is 0 Å². The Balaban J connectivity index is 2.07. The molecule has 4 aromatic rings. The van der Waals surface area contributed by atoms with E-state index in [9.17, 15) is 0 Å². The van der Waals surface area contributed by atoms with E-state index in [-0.39, 0.29) is 0 Å². The number of nitrogens with zero attached hydrogens (tertiary/aromatic N) is 2. The fraction of sp³-hybridized carbons (Fsp3) is 0.167. The van der Waals surface area contributed by atoms with Gasteiger partial charge >= 0.3 is 0 Å². The number of benzene rings is 3. The Morgan fingerprint density at radius 2 is 1.08 bits per heavy atom. The summed E-state index contributed by atoms with van der Waals surface area (Å²) in [5, 5.41) is 11.6. The van der Waals surface area contributed by atoms with Crippen molar-refractivity contribution < 1.29 is 0 Å². The number of aryl methyl sites for hydroxylation is 2. The molecule has 0 saturated heterocycles. The Kier molecular flexibility index (Phi) is 4.04. The highest BCUT2D eigenvalue weighted by molar-refractivity contribution is 6.02. The summed E-state index contributed by atoms with van der Waals surface area (Å²) in [7, 11) is 0. The van der Waals surface area contributed by atoms with E-state index < -0.39 is 0 Å². The van der Waals surface area contributed by atoms with Gasteiger partial charge in [-0.3, -0.25) is 0 Å². The highest BCUT2D eigenvalue weighted by Gasteiger charge is 2.17. The molecule has 26 heavy (non-hydrogen) atoms. The van der Waals surface area contributed by atoms with E-state index in [2.05, 4.69) is 75.3 Å². The molecule has 2 nitrogen and oxygen atoms in total. The molecule has 0 spiro atoms. The van der Waals surface area contributed by atoms with Gasteiger partial charge in [0.1, 0.15) is 11.4 Å². The van der Waals surface area contributed by atoms with Crippen molar-refractivity contribution in [3.05, 3.63) is 82.9 Å². The third-order valence-corrected chi connectivity index (χ3v) is 5.34. The molecule has 0 bridgehead atoms. The van der Waals surface area contributed by atoms with Crippen LogP contribution in [0.2, 0.25) is 0 Å². The van der Waals surface area contributed by atoms with E-state index >= 15 is 0 Å². The summed E-state index contributed by atoms with van der Waals surface area (Å²) in [6.07, 6.45) is 0. The van der Waals surface area contributed by atoms with Crippen molar-refractivity contribution in [3.63, 3.8) is 0 Å². The smallest absolute Gasteiger partial charge is 0.101 e. The molecule has 0 fully saturated rings. The van der Waals surface area contributed by atoms with Crippen LogP contribution in [-0.4, -0.2) is 10.2 Å². The molecule has 3 aromatic carbocycles. The summed E-state index contributed by atoms with van der Waals surface area (Å²) < 4.78 is 0. The summed E-state index contributed by atoms with van der Waals surface area (Å²) in [6.45, 7) is 8.69. The van der Waals surface area contributed by atoms with E-state index in [0.717, 1.165) is 27.7 Å². The van der Waals surface area contributed by atoms with E-state index in [1.807, 2.05) is 18.2 Å². The first-order chi connectivity index (χ1) is 12.6. The van der Waals surface area contributed by atoms with Crippen molar-refractivity contribution in [3.8, 4) is 22.5 Å². The van der Waals surface area contributed by atoms with Crippen LogP contribution >= 0.6 is 0 Å². The predicted molar refractivity (Wildman–Crippen MR) is 109 cm³/mol. The average Bonchev–Trinajstić information content (AvgIpc) is 2.67. The fourth-order valence-electron chi connectivity index (χ4n) is 3.67. The largest absolute Gasteiger partial charge is 0.149 e. The molecule has 1 heterocycles.